The summed E-state index contributed by atoms with van der Waals surface area (Å²) < 4.78 is 19.1. The van der Waals surface area contributed by atoms with Crippen LogP contribution in [0.4, 0.5) is 21.5 Å². The van der Waals surface area contributed by atoms with Gasteiger partial charge in [0.2, 0.25) is 11.8 Å². The fourth-order valence-electron chi connectivity index (χ4n) is 5.10. The Bertz CT molecular complexity index is 1850. The first-order valence-corrected chi connectivity index (χ1v) is 14.7. The first-order chi connectivity index (χ1) is 20.6. The van der Waals surface area contributed by atoms with Gasteiger partial charge in [-0.1, -0.05) is 34.7 Å². The highest BCUT2D eigenvalue weighted by Crippen LogP contribution is 2.54. The minimum absolute atomic E-state index is 0.172. The molecule has 3 amide bonds. The molecule has 3 aromatic carbocycles. The quantitative estimate of drug-likeness (QED) is 0.164. The lowest BCUT2D eigenvalue weighted by molar-refractivity contribution is -0.384. The van der Waals surface area contributed by atoms with Crippen molar-refractivity contribution in [3.8, 4) is 5.75 Å². The number of aromatic amines is 1. The number of benzene rings is 3. The Labute approximate surface area is 254 Å². The van der Waals surface area contributed by atoms with E-state index in [9.17, 15) is 33.7 Å². The summed E-state index contributed by atoms with van der Waals surface area (Å²) in [7, 11) is 0. The van der Waals surface area contributed by atoms with Gasteiger partial charge in [-0.3, -0.25) is 29.3 Å². The van der Waals surface area contributed by atoms with E-state index >= 15 is 0 Å². The molecule has 0 bridgehead atoms. The molecule has 11 nitrogen and oxygen atoms in total. The number of ether oxygens (including phenoxy) is 1. The van der Waals surface area contributed by atoms with Crippen LogP contribution in [-0.2, 0) is 14.4 Å². The van der Waals surface area contributed by atoms with Gasteiger partial charge in [-0.15, -0.1) is 0 Å². The molecule has 0 spiro atoms. The van der Waals surface area contributed by atoms with Gasteiger partial charge in [0.05, 0.1) is 21.6 Å². The zero-order chi connectivity index (χ0) is 30.4. The first-order valence-electron chi connectivity index (χ1n) is 12.6. The zero-order valence-corrected chi connectivity index (χ0v) is 24.0. The monoisotopic (exact) mass is 640 g/mol. The van der Waals surface area contributed by atoms with Crippen LogP contribution >= 0.6 is 34.7 Å². The molecule has 4 aromatic rings. The van der Waals surface area contributed by atoms with Crippen molar-refractivity contribution in [2.45, 2.75) is 16.2 Å². The van der Waals surface area contributed by atoms with Gasteiger partial charge >= 0.3 is 4.87 Å². The highest BCUT2D eigenvalue weighted by Gasteiger charge is 2.57. The summed E-state index contributed by atoms with van der Waals surface area (Å²) in [5.41, 5.74) is 0.727. The largest absolute Gasteiger partial charge is 0.483 e. The average Bonchev–Trinajstić information content (AvgIpc) is 3.47. The number of anilines is 2. The summed E-state index contributed by atoms with van der Waals surface area (Å²) in [4.78, 5) is 67.1. The molecule has 1 aromatic heterocycles. The predicted molar refractivity (Wildman–Crippen MR) is 157 cm³/mol. The van der Waals surface area contributed by atoms with E-state index in [-0.39, 0.29) is 22.0 Å². The number of thiazole rings is 1. The molecular weight excluding hydrogens is 623 g/mol. The number of rotatable bonds is 7. The van der Waals surface area contributed by atoms with E-state index in [2.05, 4.69) is 10.3 Å². The molecule has 0 saturated carbocycles. The van der Waals surface area contributed by atoms with Crippen LogP contribution in [0.15, 0.2) is 76.6 Å². The molecule has 15 heteroatoms. The van der Waals surface area contributed by atoms with Crippen LogP contribution in [-0.4, -0.2) is 39.5 Å². The second-order valence-electron chi connectivity index (χ2n) is 9.56. The molecule has 2 aliphatic heterocycles. The van der Waals surface area contributed by atoms with Crippen LogP contribution in [0.3, 0.4) is 0 Å². The number of amides is 3. The molecular formula is C28H18ClFN4O7S2. The van der Waals surface area contributed by atoms with Crippen LogP contribution in [0.25, 0.3) is 0 Å². The number of nitro groups is 1. The minimum Gasteiger partial charge on any atom is -0.483 e. The van der Waals surface area contributed by atoms with Gasteiger partial charge in [0.15, 0.2) is 6.61 Å². The maximum absolute atomic E-state index is 14.0. The number of fused-ring (bicyclic) bond motifs is 2. The Morgan fingerprint density at radius 1 is 1.07 bits per heavy atom. The summed E-state index contributed by atoms with van der Waals surface area (Å²) in [6.07, 6.45) is 0. The highest BCUT2D eigenvalue weighted by atomic mass is 35.5. The Morgan fingerprint density at radius 3 is 2.49 bits per heavy atom. The summed E-state index contributed by atoms with van der Waals surface area (Å²) in [5.74, 6) is -3.72. The summed E-state index contributed by atoms with van der Waals surface area (Å²) >= 11 is 8.33. The van der Waals surface area contributed by atoms with Crippen molar-refractivity contribution < 1.29 is 28.4 Å². The smallest absolute Gasteiger partial charge is 0.305 e. The zero-order valence-electron chi connectivity index (χ0n) is 21.6. The van der Waals surface area contributed by atoms with Crippen molar-refractivity contribution >= 4 is 69.5 Å². The Balaban J connectivity index is 1.35. The number of aromatic nitrogens is 1. The third-order valence-corrected chi connectivity index (χ3v) is 9.57. The number of carbonyl (C=O) groups excluding carboxylic acids is 3. The van der Waals surface area contributed by atoms with E-state index in [1.165, 1.54) is 54.6 Å². The summed E-state index contributed by atoms with van der Waals surface area (Å²) in [5, 5.41) is 13.5. The second-order valence-corrected chi connectivity index (χ2v) is 12.2. The van der Waals surface area contributed by atoms with Crippen LogP contribution in [0, 0.1) is 21.8 Å². The molecule has 2 N–H and O–H groups in total. The Hall–Kier alpha value is -4.53. The van der Waals surface area contributed by atoms with Crippen molar-refractivity contribution in [1.29, 1.82) is 0 Å². The van der Waals surface area contributed by atoms with Crippen molar-refractivity contribution in [2.75, 3.05) is 16.8 Å². The number of imide groups is 1. The molecule has 218 valence electrons. The summed E-state index contributed by atoms with van der Waals surface area (Å²) in [6, 6.07) is 14.9. The first kappa shape index (κ1) is 28.6. The lowest BCUT2D eigenvalue weighted by Crippen LogP contribution is -2.32. The number of hydrogen-bond acceptors (Lipinski definition) is 9. The topological polar surface area (TPSA) is 152 Å². The number of hydrogen-bond donors (Lipinski definition) is 2. The van der Waals surface area contributed by atoms with Crippen LogP contribution < -0.4 is 19.8 Å². The molecule has 0 radical (unpaired) electrons. The molecule has 3 atom stereocenters. The number of carbonyl (C=O) groups is 3. The average molecular weight is 641 g/mol. The lowest BCUT2D eigenvalue weighted by Gasteiger charge is -2.31. The maximum atomic E-state index is 14.0. The van der Waals surface area contributed by atoms with Crippen molar-refractivity contribution in [3.63, 3.8) is 0 Å². The minimum atomic E-state index is -0.986. The van der Waals surface area contributed by atoms with Crippen molar-refractivity contribution in [3.05, 3.63) is 108 Å². The van der Waals surface area contributed by atoms with E-state index in [0.717, 1.165) is 28.0 Å². The standard InChI is InChI=1S/C28H18ClFN4O7S2/c29-13-1-10-19(41-12-20(35)31-15-4-2-14(30)3-5-15)18(11-13)21-22-24(42-25-23(21)43-28(38)32-25)27(37)33(26(22)36)16-6-8-17(9-7-16)34(39)40/h1-11,21-22,24H,12H2,(H,31,35)(H,32,38). The number of nitrogens with one attached hydrogen (secondary N) is 2. The van der Waals surface area contributed by atoms with Crippen molar-refractivity contribution in [2.24, 2.45) is 5.92 Å². The van der Waals surface area contributed by atoms with Crippen LogP contribution in [0.5, 0.6) is 5.75 Å². The van der Waals surface area contributed by atoms with E-state index < -0.39 is 52.2 Å². The fraction of sp³-hybridized carbons (Fsp3) is 0.143. The van der Waals surface area contributed by atoms with E-state index in [1.807, 2.05) is 0 Å². The molecule has 43 heavy (non-hydrogen) atoms. The lowest BCUT2D eigenvalue weighted by atomic mass is 9.82. The van der Waals surface area contributed by atoms with Gasteiger partial charge in [0.25, 0.3) is 11.6 Å². The van der Waals surface area contributed by atoms with Gasteiger partial charge in [0, 0.05) is 39.2 Å². The van der Waals surface area contributed by atoms with Gasteiger partial charge < -0.3 is 15.0 Å². The van der Waals surface area contributed by atoms with Gasteiger partial charge in [-0.25, -0.2) is 9.29 Å². The van der Waals surface area contributed by atoms with Crippen LogP contribution in [0.1, 0.15) is 16.4 Å². The van der Waals surface area contributed by atoms with Gasteiger partial charge in [0.1, 0.15) is 16.8 Å². The molecule has 2 aliphatic rings. The maximum Gasteiger partial charge on any atom is 0.305 e. The van der Waals surface area contributed by atoms with E-state index in [4.69, 9.17) is 16.3 Å². The molecule has 3 unspecified atom stereocenters. The number of H-pyrrole nitrogens is 1. The third-order valence-electron chi connectivity index (χ3n) is 6.94. The third kappa shape index (κ3) is 5.40. The second kappa shape index (κ2) is 11.3. The fourth-order valence-corrected chi connectivity index (χ4v) is 7.78. The normalized spacial score (nSPS) is 19.1. The Kier molecular flexibility index (Phi) is 7.50. The highest BCUT2D eigenvalue weighted by molar-refractivity contribution is 8.00. The molecule has 1 fully saturated rings. The SMILES string of the molecule is O=C(COc1ccc(Cl)cc1C1c2sc(=O)[nH]c2SC2C(=O)N(c3ccc([N+](=O)[O-])cc3)C(=O)C21)Nc1ccc(F)cc1. The van der Waals surface area contributed by atoms with E-state index in [0.29, 0.717) is 26.2 Å². The predicted octanol–water partition coefficient (Wildman–Crippen LogP) is 4.95. The summed E-state index contributed by atoms with van der Waals surface area (Å²) in [6.45, 7) is -0.445. The van der Waals surface area contributed by atoms with Crippen LogP contribution in [0.2, 0.25) is 5.02 Å². The van der Waals surface area contributed by atoms with Gasteiger partial charge in [-0.2, -0.15) is 0 Å². The number of non-ortho nitro benzene ring substituents is 1. The van der Waals surface area contributed by atoms with Crippen molar-refractivity contribution in [1.82, 2.24) is 4.98 Å². The van der Waals surface area contributed by atoms with Gasteiger partial charge in [-0.05, 0) is 54.6 Å². The molecule has 3 heterocycles. The molecule has 1 saturated heterocycles. The number of thioether (sulfide) groups is 1. The number of halogens is 2. The Morgan fingerprint density at radius 2 is 1.79 bits per heavy atom. The molecule has 0 aliphatic carbocycles. The number of nitrogens with zero attached hydrogens (tertiary/aromatic N) is 2. The number of nitro benzene ring substituents is 1. The molecule has 6 rings (SSSR count). The van der Waals surface area contributed by atoms with E-state index in [1.54, 1.807) is 12.1 Å².